The van der Waals surface area contributed by atoms with E-state index >= 15 is 0 Å². The molecule has 66 valence electrons. The standard InChI is InChI=1S/C10H14IN/c1-12-10(8-11)7-9-5-3-2-4-6-9/h2-6,10,12H,7-8H2,1H3/t10-/m0/s1. The number of likely N-dealkylation sites (N-methyl/N-ethyl adjacent to an activating group) is 1. The van der Waals surface area contributed by atoms with Crippen LogP contribution in [0.15, 0.2) is 30.3 Å². The van der Waals surface area contributed by atoms with Gasteiger partial charge in [0, 0.05) is 10.5 Å². The maximum atomic E-state index is 3.29. The van der Waals surface area contributed by atoms with E-state index in [9.17, 15) is 0 Å². The van der Waals surface area contributed by atoms with Crippen LogP contribution in [0.3, 0.4) is 0 Å². The average Bonchev–Trinajstić information content (AvgIpc) is 2.16. The molecule has 1 N–H and O–H groups in total. The van der Waals surface area contributed by atoms with Crippen LogP contribution in [0.4, 0.5) is 0 Å². The number of hydrogen-bond acceptors (Lipinski definition) is 1. The van der Waals surface area contributed by atoms with E-state index in [1.165, 1.54) is 5.56 Å². The summed E-state index contributed by atoms with van der Waals surface area (Å²) in [6, 6.07) is 11.2. The molecule has 0 aliphatic carbocycles. The molecule has 1 aromatic carbocycles. The van der Waals surface area contributed by atoms with E-state index in [1.54, 1.807) is 0 Å². The molecule has 0 saturated heterocycles. The molecule has 0 amide bonds. The molecule has 12 heavy (non-hydrogen) atoms. The molecule has 0 unspecified atom stereocenters. The summed E-state index contributed by atoms with van der Waals surface area (Å²) in [5, 5.41) is 3.29. The van der Waals surface area contributed by atoms with E-state index < -0.39 is 0 Å². The van der Waals surface area contributed by atoms with Crippen LogP contribution in [0.2, 0.25) is 0 Å². The van der Waals surface area contributed by atoms with Crippen LogP contribution < -0.4 is 5.32 Å². The van der Waals surface area contributed by atoms with Gasteiger partial charge in [-0.2, -0.15) is 0 Å². The van der Waals surface area contributed by atoms with Gasteiger partial charge in [0.05, 0.1) is 0 Å². The summed E-state index contributed by atoms with van der Waals surface area (Å²) in [6.45, 7) is 0. The molecule has 0 aliphatic heterocycles. The molecule has 0 fully saturated rings. The molecule has 0 saturated carbocycles. The maximum Gasteiger partial charge on any atom is 0.0194 e. The zero-order chi connectivity index (χ0) is 8.81. The third-order valence-corrected chi connectivity index (χ3v) is 2.98. The number of rotatable bonds is 4. The van der Waals surface area contributed by atoms with Crippen molar-refractivity contribution < 1.29 is 0 Å². The van der Waals surface area contributed by atoms with Crippen molar-refractivity contribution in [2.24, 2.45) is 0 Å². The topological polar surface area (TPSA) is 12.0 Å². The molecule has 0 radical (unpaired) electrons. The Labute approximate surface area is 87.7 Å². The van der Waals surface area contributed by atoms with Gasteiger partial charge in [0.1, 0.15) is 0 Å². The fourth-order valence-electron chi connectivity index (χ4n) is 1.13. The molecule has 0 spiro atoms. The first-order valence-corrected chi connectivity index (χ1v) is 5.66. The van der Waals surface area contributed by atoms with Gasteiger partial charge < -0.3 is 5.32 Å². The van der Waals surface area contributed by atoms with Crippen molar-refractivity contribution in [2.45, 2.75) is 12.5 Å². The van der Waals surface area contributed by atoms with Gasteiger partial charge in [-0.15, -0.1) is 0 Å². The summed E-state index contributed by atoms with van der Waals surface area (Å²) >= 11 is 2.41. The predicted molar refractivity (Wildman–Crippen MR) is 61.9 cm³/mol. The lowest BCUT2D eigenvalue weighted by Gasteiger charge is -2.12. The second-order valence-electron chi connectivity index (χ2n) is 2.83. The summed E-state index contributed by atoms with van der Waals surface area (Å²) in [6.07, 6.45) is 1.13. The fraction of sp³-hybridized carbons (Fsp3) is 0.400. The molecular formula is C10H14IN. The minimum Gasteiger partial charge on any atom is -0.316 e. The van der Waals surface area contributed by atoms with Crippen LogP contribution >= 0.6 is 22.6 Å². The van der Waals surface area contributed by atoms with Crippen molar-refractivity contribution >= 4 is 22.6 Å². The molecule has 1 aromatic rings. The molecule has 0 aromatic heterocycles. The quantitative estimate of drug-likeness (QED) is 0.656. The highest BCUT2D eigenvalue weighted by Crippen LogP contribution is 2.04. The van der Waals surface area contributed by atoms with E-state index in [-0.39, 0.29) is 0 Å². The second-order valence-corrected chi connectivity index (χ2v) is 3.71. The van der Waals surface area contributed by atoms with Crippen molar-refractivity contribution in [1.82, 2.24) is 5.32 Å². The Morgan fingerprint density at radius 3 is 2.50 bits per heavy atom. The third-order valence-electron chi connectivity index (χ3n) is 1.92. The minimum absolute atomic E-state index is 0.605. The van der Waals surface area contributed by atoms with Crippen molar-refractivity contribution in [2.75, 3.05) is 11.5 Å². The number of benzene rings is 1. The number of halogens is 1. The Morgan fingerprint density at radius 1 is 1.33 bits per heavy atom. The summed E-state index contributed by atoms with van der Waals surface area (Å²) in [4.78, 5) is 0. The first kappa shape index (κ1) is 9.99. The van der Waals surface area contributed by atoms with E-state index in [4.69, 9.17) is 0 Å². The van der Waals surface area contributed by atoms with Gasteiger partial charge in [0.25, 0.3) is 0 Å². The Balaban J connectivity index is 2.51. The van der Waals surface area contributed by atoms with Gasteiger partial charge in [-0.3, -0.25) is 0 Å². The zero-order valence-corrected chi connectivity index (χ0v) is 9.41. The smallest absolute Gasteiger partial charge is 0.0194 e. The van der Waals surface area contributed by atoms with E-state index in [0.717, 1.165) is 10.8 Å². The van der Waals surface area contributed by atoms with Gasteiger partial charge in [-0.25, -0.2) is 0 Å². The van der Waals surface area contributed by atoms with Gasteiger partial charge in [0.2, 0.25) is 0 Å². The molecule has 0 aliphatic rings. The largest absolute Gasteiger partial charge is 0.316 e. The fourth-order valence-corrected chi connectivity index (χ4v) is 1.88. The Morgan fingerprint density at radius 2 is 2.00 bits per heavy atom. The van der Waals surface area contributed by atoms with Crippen LogP contribution in [-0.4, -0.2) is 17.5 Å². The van der Waals surface area contributed by atoms with Crippen molar-refractivity contribution in [3.8, 4) is 0 Å². The van der Waals surface area contributed by atoms with Gasteiger partial charge in [-0.1, -0.05) is 52.9 Å². The molecule has 1 atom stereocenters. The van der Waals surface area contributed by atoms with Crippen molar-refractivity contribution in [1.29, 1.82) is 0 Å². The molecular weight excluding hydrogens is 261 g/mol. The number of hydrogen-bond donors (Lipinski definition) is 1. The first-order chi connectivity index (χ1) is 5.86. The lowest BCUT2D eigenvalue weighted by molar-refractivity contribution is 0.624. The maximum absolute atomic E-state index is 3.29. The highest BCUT2D eigenvalue weighted by molar-refractivity contribution is 14.1. The Kier molecular flexibility index (Phi) is 4.61. The van der Waals surface area contributed by atoms with Crippen LogP contribution in [-0.2, 0) is 6.42 Å². The van der Waals surface area contributed by atoms with Crippen molar-refractivity contribution in [3.63, 3.8) is 0 Å². The molecule has 1 nitrogen and oxygen atoms in total. The Hall–Kier alpha value is -0.0900. The van der Waals surface area contributed by atoms with Crippen LogP contribution in [0, 0.1) is 0 Å². The second kappa shape index (κ2) is 5.54. The van der Waals surface area contributed by atoms with Gasteiger partial charge in [-0.05, 0) is 19.0 Å². The lowest BCUT2D eigenvalue weighted by atomic mass is 10.1. The normalized spacial score (nSPS) is 12.8. The highest BCUT2D eigenvalue weighted by atomic mass is 127. The first-order valence-electron chi connectivity index (χ1n) is 4.14. The summed E-state index contributed by atoms with van der Waals surface area (Å²) in [7, 11) is 2.02. The number of alkyl halides is 1. The van der Waals surface area contributed by atoms with E-state index in [2.05, 4.69) is 58.2 Å². The Bertz CT molecular complexity index is 206. The van der Waals surface area contributed by atoms with Crippen LogP contribution in [0.1, 0.15) is 5.56 Å². The zero-order valence-electron chi connectivity index (χ0n) is 7.26. The highest BCUT2D eigenvalue weighted by Gasteiger charge is 2.03. The SMILES string of the molecule is CN[C@H](CI)Cc1ccccc1. The van der Waals surface area contributed by atoms with E-state index in [0.29, 0.717) is 6.04 Å². The van der Waals surface area contributed by atoms with E-state index in [1.807, 2.05) is 7.05 Å². The summed E-state index contributed by atoms with van der Waals surface area (Å²) < 4.78 is 1.16. The van der Waals surface area contributed by atoms with Crippen LogP contribution in [0.5, 0.6) is 0 Å². The average molecular weight is 275 g/mol. The van der Waals surface area contributed by atoms with Gasteiger partial charge in [0.15, 0.2) is 0 Å². The van der Waals surface area contributed by atoms with Gasteiger partial charge >= 0.3 is 0 Å². The van der Waals surface area contributed by atoms with Crippen molar-refractivity contribution in [3.05, 3.63) is 35.9 Å². The molecule has 0 heterocycles. The summed E-state index contributed by atoms with van der Waals surface area (Å²) in [5.74, 6) is 0. The minimum atomic E-state index is 0.605. The summed E-state index contributed by atoms with van der Waals surface area (Å²) in [5.41, 5.74) is 1.41. The third kappa shape index (κ3) is 3.11. The monoisotopic (exact) mass is 275 g/mol. The predicted octanol–water partition coefficient (Wildman–Crippen LogP) is 2.25. The number of nitrogens with one attached hydrogen (secondary N) is 1. The lowest BCUT2D eigenvalue weighted by Crippen LogP contribution is -2.28. The molecule has 0 bridgehead atoms. The molecule has 2 heteroatoms. The van der Waals surface area contributed by atoms with Crippen LogP contribution in [0.25, 0.3) is 0 Å². The molecule has 1 rings (SSSR count).